The van der Waals surface area contributed by atoms with Crippen LogP contribution in [0.1, 0.15) is 78.6 Å². The monoisotopic (exact) mass is 344 g/mol. The molecule has 0 rings (SSSR count). The van der Waals surface area contributed by atoms with Crippen LogP contribution in [-0.2, 0) is 23.8 Å². The minimum atomic E-state index is -0.164. The number of hydrogen-bond donors (Lipinski definition) is 0. The van der Waals surface area contributed by atoms with Gasteiger partial charge in [-0.25, -0.2) is 0 Å². The molecule has 0 aliphatic rings. The molecule has 0 N–H and O–H groups in total. The minimum Gasteiger partial charge on any atom is -0.463 e. The fourth-order valence-corrected chi connectivity index (χ4v) is 2.34. The minimum absolute atomic E-state index is 0.00128. The van der Waals surface area contributed by atoms with Crippen LogP contribution in [0.15, 0.2) is 0 Å². The molecule has 0 heterocycles. The number of rotatable bonds is 16. The van der Waals surface area contributed by atoms with Crippen LogP contribution in [0.5, 0.6) is 0 Å². The zero-order valence-electron chi connectivity index (χ0n) is 15.8. The van der Waals surface area contributed by atoms with Gasteiger partial charge in [0.2, 0.25) is 0 Å². The largest absolute Gasteiger partial charge is 0.463 e. The summed E-state index contributed by atoms with van der Waals surface area (Å²) in [5.74, 6) is -0.297. The molecule has 0 aromatic rings. The first-order valence-electron chi connectivity index (χ1n) is 9.55. The van der Waals surface area contributed by atoms with Gasteiger partial charge in [0.1, 0.15) is 13.2 Å². The molecule has 5 nitrogen and oxygen atoms in total. The van der Waals surface area contributed by atoms with Crippen molar-refractivity contribution in [3.05, 3.63) is 0 Å². The van der Waals surface area contributed by atoms with E-state index in [4.69, 9.17) is 14.2 Å². The number of carbonyl (C=O) groups excluding carboxylic acids is 2. The Balaban J connectivity index is 3.49. The summed E-state index contributed by atoms with van der Waals surface area (Å²) in [5, 5.41) is 0. The van der Waals surface area contributed by atoms with Crippen LogP contribution in [0.3, 0.4) is 0 Å². The van der Waals surface area contributed by atoms with Crippen molar-refractivity contribution >= 4 is 11.9 Å². The molecule has 24 heavy (non-hydrogen) atoms. The fourth-order valence-electron chi connectivity index (χ4n) is 2.34. The molecule has 1 atom stereocenters. The fraction of sp³-hybridized carbons (Fsp3) is 0.895. The van der Waals surface area contributed by atoms with E-state index in [9.17, 15) is 9.59 Å². The summed E-state index contributed by atoms with van der Waals surface area (Å²) >= 11 is 0. The SMILES string of the molecule is CCCCCCC(=O)OCCOCCOC(=O)C(CC)CCCC. The highest BCUT2D eigenvalue weighted by molar-refractivity contribution is 5.72. The van der Waals surface area contributed by atoms with Crippen molar-refractivity contribution in [1.82, 2.24) is 0 Å². The van der Waals surface area contributed by atoms with Crippen molar-refractivity contribution < 1.29 is 23.8 Å². The molecule has 5 heteroatoms. The molecule has 0 bridgehead atoms. The van der Waals surface area contributed by atoms with Gasteiger partial charge in [0.25, 0.3) is 0 Å². The molecule has 0 saturated heterocycles. The summed E-state index contributed by atoms with van der Waals surface area (Å²) in [6.07, 6.45) is 8.60. The second-order valence-electron chi connectivity index (χ2n) is 6.06. The van der Waals surface area contributed by atoms with Gasteiger partial charge >= 0.3 is 11.9 Å². The van der Waals surface area contributed by atoms with Crippen molar-refractivity contribution in [3.63, 3.8) is 0 Å². The Hall–Kier alpha value is -1.10. The van der Waals surface area contributed by atoms with E-state index in [1.165, 1.54) is 0 Å². The van der Waals surface area contributed by atoms with E-state index < -0.39 is 0 Å². The lowest BCUT2D eigenvalue weighted by atomic mass is 10.00. The van der Waals surface area contributed by atoms with Crippen LogP contribution in [-0.4, -0.2) is 38.4 Å². The van der Waals surface area contributed by atoms with Gasteiger partial charge in [-0.2, -0.15) is 0 Å². The molecule has 0 aliphatic carbocycles. The molecule has 0 saturated carbocycles. The van der Waals surface area contributed by atoms with Gasteiger partial charge in [-0.05, 0) is 19.3 Å². The Morgan fingerprint density at radius 3 is 2.08 bits per heavy atom. The lowest BCUT2D eigenvalue weighted by Crippen LogP contribution is -2.20. The van der Waals surface area contributed by atoms with Gasteiger partial charge in [0.15, 0.2) is 0 Å². The average Bonchev–Trinajstić information content (AvgIpc) is 2.58. The Kier molecular flexibility index (Phi) is 16.0. The molecule has 1 unspecified atom stereocenters. The Bertz CT molecular complexity index is 317. The summed E-state index contributed by atoms with van der Waals surface area (Å²) in [6.45, 7) is 7.45. The maximum atomic E-state index is 11.9. The predicted octanol–water partition coefficient (Wildman–Crippen LogP) is 4.28. The topological polar surface area (TPSA) is 61.8 Å². The summed E-state index contributed by atoms with van der Waals surface area (Å²) in [6, 6.07) is 0. The maximum Gasteiger partial charge on any atom is 0.308 e. The van der Waals surface area contributed by atoms with Crippen molar-refractivity contribution in [2.75, 3.05) is 26.4 Å². The van der Waals surface area contributed by atoms with Crippen LogP contribution in [0, 0.1) is 5.92 Å². The first-order valence-corrected chi connectivity index (χ1v) is 9.55. The van der Waals surface area contributed by atoms with E-state index >= 15 is 0 Å². The van der Waals surface area contributed by atoms with E-state index in [2.05, 4.69) is 13.8 Å². The number of carbonyl (C=O) groups is 2. The van der Waals surface area contributed by atoms with Gasteiger partial charge in [-0.1, -0.05) is 52.9 Å². The quantitative estimate of drug-likeness (QED) is 0.309. The highest BCUT2D eigenvalue weighted by Gasteiger charge is 2.16. The first kappa shape index (κ1) is 22.9. The van der Waals surface area contributed by atoms with Gasteiger partial charge < -0.3 is 14.2 Å². The van der Waals surface area contributed by atoms with E-state index in [-0.39, 0.29) is 31.1 Å². The molecule has 0 radical (unpaired) electrons. The zero-order valence-corrected chi connectivity index (χ0v) is 15.8. The molecule has 142 valence electrons. The van der Waals surface area contributed by atoms with E-state index in [1.807, 2.05) is 6.92 Å². The second kappa shape index (κ2) is 16.7. The summed E-state index contributed by atoms with van der Waals surface area (Å²) in [5.41, 5.74) is 0. The van der Waals surface area contributed by atoms with Crippen molar-refractivity contribution in [2.45, 2.75) is 78.6 Å². The highest BCUT2D eigenvalue weighted by atomic mass is 16.6. The van der Waals surface area contributed by atoms with Gasteiger partial charge in [-0.15, -0.1) is 0 Å². The normalized spacial score (nSPS) is 12.0. The molecular formula is C19H36O5. The average molecular weight is 344 g/mol. The van der Waals surface area contributed by atoms with Crippen LogP contribution >= 0.6 is 0 Å². The summed E-state index contributed by atoms with van der Waals surface area (Å²) in [4.78, 5) is 23.3. The highest BCUT2D eigenvalue weighted by Crippen LogP contribution is 2.14. The molecule has 0 spiro atoms. The van der Waals surface area contributed by atoms with Gasteiger partial charge in [0.05, 0.1) is 19.1 Å². The van der Waals surface area contributed by atoms with Crippen LogP contribution in [0.25, 0.3) is 0 Å². The third kappa shape index (κ3) is 13.3. The predicted molar refractivity (Wildman–Crippen MR) is 94.8 cm³/mol. The Labute approximate surface area is 147 Å². The summed E-state index contributed by atoms with van der Waals surface area (Å²) < 4.78 is 15.6. The van der Waals surface area contributed by atoms with Crippen molar-refractivity contribution in [2.24, 2.45) is 5.92 Å². The van der Waals surface area contributed by atoms with Crippen LogP contribution < -0.4 is 0 Å². The zero-order chi connectivity index (χ0) is 18.0. The van der Waals surface area contributed by atoms with Gasteiger partial charge in [-0.3, -0.25) is 9.59 Å². The lowest BCUT2D eigenvalue weighted by molar-refractivity contribution is -0.150. The number of esters is 2. The second-order valence-corrected chi connectivity index (χ2v) is 6.06. The number of hydrogen-bond acceptors (Lipinski definition) is 5. The molecule has 0 aromatic carbocycles. The van der Waals surface area contributed by atoms with E-state index in [0.717, 1.165) is 51.4 Å². The lowest BCUT2D eigenvalue weighted by Gasteiger charge is -2.13. The van der Waals surface area contributed by atoms with E-state index in [1.54, 1.807) is 0 Å². The van der Waals surface area contributed by atoms with Crippen molar-refractivity contribution in [1.29, 1.82) is 0 Å². The first-order chi connectivity index (χ1) is 11.7. The van der Waals surface area contributed by atoms with Crippen molar-refractivity contribution in [3.8, 4) is 0 Å². The molecule has 0 amide bonds. The Morgan fingerprint density at radius 1 is 0.792 bits per heavy atom. The smallest absolute Gasteiger partial charge is 0.308 e. The molecule has 0 aromatic heterocycles. The molecular weight excluding hydrogens is 308 g/mol. The molecule has 0 aliphatic heterocycles. The number of unbranched alkanes of at least 4 members (excludes halogenated alkanes) is 4. The Morgan fingerprint density at radius 2 is 1.46 bits per heavy atom. The third-order valence-electron chi connectivity index (χ3n) is 3.93. The van der Waals surface area contributed by atoms with Crippen LogP contribution in [0.2, 0.25) is 0 Å². The van der Waals surface area contributed by atoms with Gasteiger partial charge in [0, 0.05) is 6.42 Å². The maximum absolute atomic E-state index is 11.9. The molecule has 0 fully saturated rings. The standard InChI is InChI=1S/C19H36O5/c1-4-7-9-10-12-18(20)23-15-13-22-14-16-24-19(21)17(6-3)11-8-5-2/h17H,4-16H2,1-3H3. The van der Waals surface area contributed by atoms with E-state index in [0.29, 0.717) is 19.6 Å². The van der Waals surface area contributed by atoms with Crippen LogP contribution in [0.4, 0.5) is 0 Å². The summed E-state index contributed by atoms with van der Waals surface area (Å²) in [7, 11) is 0. The number of ether oxygens (including phenoxy) is 3. The third-order valence-corrected chi connectivity index (χ3v) is 3.93.